The second kappa shape index (κ2) is 6.83. The van der Waals surface area contributed by atoms with Gasteiger partial charge in [-0.15, -0.1) is 11.8 Å². The Morgan fingerprint density at radius 2 is 2.20 bits per heavy atom. The van der Waals surface area contributed by atoms with E-state index < -0.39 is 5.97 Å². The van der Waals surface area contributed by atoms with Crippen LogP contribution >= 0.6 is 11.8 Å². The van der Waals surface area contributed by atoms with Crippen LogP contribution in [0.4, 0.5) is 0 Å². The van der Waals surface area contributed by atoms with Gasteiger partial charge in [-0.1, -0.05) is 12.1 Å². The molecule has 5 heteroatoms. The topological polar surface area (TPSA) is 63.2 Å². The monoisotopic (exact) mass is 287 g/mol. The molecule has 102 valence electrons. The SMILES string of the molecule is COC(=O)c1ccc(CSCc2cccc(C#N)c2)o1. The Kier molecular flexibility index (Phi) is 4.85. The predicted molar refractivity (Wildman–Crippen MR) is 76.2 cm³/mol. The number of carbonyl (C=O) groups is 1. The molecule has 0 radical (unpaired) electrons. The van der Waals surface area contributed by atoms with Crippen LogP contribution in [0.15, 0.2) is 40.8 Å². The third-order valence-corrected chi connectivity index (χ3v) is 3.64. The summed E-state index contributed by atoms with van der Waals surface area (Å²) in [6, 6.07) is 13.0. The number of benzene rings is 1. The maximum Gasteiger partial charge on any atom is 0.373 e. The first-order valence-corrected chi connectivity index (χ1v) is 7.12. The van der Waals surface area contributed by atoms with Gasteiger partial charge in [0.1, 0.15) is 5.76 Å². The largest absolute Gasteiger partial charge is 0.463 e. The second-order valence-electron chi connectivity index (χ2n) is 4.06. The Morgan fingerprint density at radius 3 is 2.95 bits per heavy atom. The molecule has 1 heterocycles. The number of ether oxygens (including phenoxy) is 1. The van der Waals surface area contributed by atoms with Crippen LogP contribution in [-0.2, 0) is 16.2 Å². The first kappa shape index (κ1) is 14.2. The van der Waals surface area contributed by atoms with E-state index in [2.05, 4.69) is 10.8 Å². The molecule has 20 heavy (non-hydrogen) atoms. The molecule has 1 aromatic carbocycles. The smallest absolute Gasteiger partial charge is 0.373 e. The maximum atomic E-state index is 11.2. The number of hydrogen-bond acceptors (Lipinski definition) is 5. The second-order valence-corrected chi connectivity index (χ2v) is 5.05. The van der Waals surface area contributed by atoms with Gasteiger partial charge in [0, 0.05) is 5.75 Å². The summed E-state index contributed by atoms with van der Waals surface area (Å²) in [7, 11) is 1.32. The summed E-state index contributed by atoms with van der Waals surface area (Å²) in [6.07, 6.45) is 0. The van der Waals surface area contributed by atoms with Crippen molar-refractivity contribution in [2.75, 3.05) is 7.11 Å². The van der Waals surface area contributed by atoms with Crippen molar-refractivity contribution in [3.8, 4) is 6.07 Å². The lowest BCUT2D eigenvalue weighted by molar-refractivity contribution is 0.0563. The minimum atomic E-state index is -0.469. The molecule has 0 aliphatic heterocycles. The molecular weight excluding hydrogens is 274 g/mol. The first-order chi connectivity index (χ1) is 9.72. The fourth-order valence-corrected chi connectivity index (χ4v) is 2.54. The standard InChI is InChI=1S/C15H13NO3S/c1-18-15(17)14-6-5-13(19-14)10-20-9-12-4-2-3-11(7-12)8-16/h2-7H,9-10H2,1H3. The number of methoxy groups -OCH3 is 1. The molecule has 0 aliphatic rings. The molecule has 2 aromatic rings. The van der Waals surface area contributed by atoms with Crippen molar-refractivity contribution in [1.29, 1.82) is 5.26 Å². The van der Waals surface area contributed by atoms with Gasteiger partial charge in [0.25, 0.3) is 0 Å². The number of rotatable bonds is 5. The zero-order valence-corrected chi connectivity index (χ0v) is 11.8. The number of hydrogen-bond donors (Lipinski definition) is 0. The quantitative estimate of drug-likeness (QED) is 0.789. The number of furan rings is 1. The lowest BCUT2D eigenvalue weighted by atomic mass is 10.2. The fourth-order valence-electron chi connectivity index (χ4n) is 1.67. The molecule has 0 unspecified atom stereocenters. The number of nitriles is 1. The van der Waals surface area contributed by atoms with Gasteiger partial charge < -0.3 is 9.15 Å². The van der Waals surface area contributed by atoms with Crippen LogP contribution in [0.1, 0.15) is 27.4 Å². The molecule has 0 spiro atoms. The number of nitrogens with zero attached hydrogens (tertiary/aromatic N) is 1. The molecule has 0 amide bonds. The van der Waals surface area contributed by atoms with Crippen molar-refractivity contribution in [3.05, 3.63) is 59.0 Å². The van der Waals surface area contributed by atoms with Gasteiger partial charge in [0.2, 0.25) is 5.76 Å². The minimum absolute atomic E-state index is 0.217. The molecule has 4 nitrogen and oxygen atoms in total. The van der Waals surface area contributed by atoms with Gasteiger partial charge in [-0.05, 0) is 29.8 Å². The van der Waals surface area contributed by atoms with E-state index in [1.165, 1.54) is 7.11 Å². The Labute approximate surface area is 121 Å². The Morgan fingerprint density at radius 1 is 1.35 bits per heavy atom. The third-order valence-electron chi connectivity index (χ3n) is 2.62. The van der Waals surface area contributed by atoms with Crippen LogP contribution in [0, 0.1) is 11.3 Å². The maximum absolute atomic E-state index is 11.2. The Hall–Kier alpha value is -2.19. The number of esters is 1. The van der Waals surface area contributed by atoms with E-state index in [0.29, 0.717) is 11.3 Å². The van der Waals surface area contributed by atoms with Gasteiger partial charge in [-0.2, -0.15) is 5.26 Å². The zero-order chi connectivity index (χ0) is 14.4. The highest BCUT2D eigenvalue weighted by Gasteiger charge is 2.10. The van der Waals surface area contributed by atoms with Crippen molar-refractivity contribution in [1.82, 2.24) is 0 Å². The number of thioether (sulfide) groups is 1. The van der Waals surface area contributed by atoms with Crippen molar-refractivity contribution < 1.29 is 13.9 Å². The van der Waals surface area contributed by atoms with Crippen molar-refractivity contribution >= 4 is 17.7 Å². The molecule has 0 bridgehead atoms. The lowest BCUT2D eigenvalue weighted by Gasteiger charge is -2.01. The molecule has 0 saturated heterocycles. The highest BCUT2D eigenvalue weighted by molar-refractivity contribution is 7.97. The first-order valence-electron chi connectivity index (χ1n) is 5.96. The van der Waals surface area contributed by atoms with Gasteiger partial charge in [0.05, 0.1) is 24.5 Å². The molecule has 0 saturated carbocycles. The lowest BCUT2D eigenvalue weighted by Crippen LogP contribution is -1.98. The molecule has 0 fully saturated rings. The van der Waals surface area contributed by atoms with E-state index in [0.717, 1.165) is 17.1 Å². The fraction of sp³-hybridized carbons (Fsp3) is 0.200. The van der Waals surface area contributed by atoms with Crippen LogP contribution in [0.5, 0.6) is 0 Å². The van der Waals surface area contributed by atoms with Crippen molar-refractivity contribution in [2.45, 2.75) is 11.5 Å². The van der Waals surface area contributed by atoms with Crippen molar-refractivity contribution in [3.63, 3.8) is 0 Å². The average molecular weight is 287 g/mol. The van der Waals surface area contributed by atoms with Crippen LogP contribution in [-0.4, -0.2) is 13.1 Å². The van der Waals surface area contributed by atoms with Crippen LogP contribution in [0.2, 0.25) is 0 Å². The summed E-state index contributed by atoms with van der Waals surface area (Å²) in [4.78, 5) is 11.2. The molecule has 0 atom stereocenters. The third kappa shape index (κ3) is 3.65. The normalized spacial score (nSPS) is 10.0. The van der Waals surface area contributed by atoms with Gasteiger partial charge in [-0.25, -0.2) is 4.79 Å². The molecule has 0 aliphatic carbocycles. The average Bonchev–Trinajstić information content (AvgIpc) is 2.95. The molecule has 1 aromatic heterocycles. The summed E-state index contributed by atoms with van der Waals surface area (Å²) in [5, 5.41) is 8.83. The van der Waals surface area contributed by atoms with E-state index in [-0.39, 0.29) is 5.76 Å². The summed E-state index contributed by atoms with van der Waals surface area (Å²) in [5.41, 5.74) is 1.75. The summed E-state index contributed by atoms with van der Waals surface area (Å²) in [6.45, 7) is 0. The summed E-state index contributed by atoms with van der Waals surface area (Å²) >= 11 is 1.66. The molecule has 0 N–H and O–H groups in total. The van der Waals surface area contributed by atoms with Gasteiger partial charge in [-0.3, -0.25) is 0 Å². The highest BCUT2D eigenvalue weighted by Crippen LogP contribution is 2.20. The summed E-state index contributed by atoms with van der Waals surface area (Å²) in [5.74, 6) is 1.92. The van der Waals surface area contributed by atoms with Gasteiger partial charge >= 0.3 is 5.97 Å². The number of carbonyl (C=O) groups excluding carboxylic acids is 1. The van der Waals surface area contributed by atoms with Crippen LogP contribution in [0.25, 0.3) is 0 Å². The van der Waals surface area contributed by atoms with Crippen molar-refractivity contribution in [2.24, 2.45) is 0 Å². The summed E-state index contributed by atoms with van der Waals surface area (Å²) < 4.78 is 9.95. The highest BCUT2D eigenvalue weighted by atomic mass is 32.2. The minimum Gasteiger partial charge on any atom is -0.463 e. The van der Waals surface area contributed by atoms with E-state index in [9.17, 15) is 4.79 Å². The Bertz CT molecular complexity index is 643. The van der Waals surface area contributed by atoms with Gasteiger partial charge in [0.15, 0.2) is 0 Å². The zero-order valence-electron chi connectivity index (χ0n) is 11.0. The van der Waals surface area contributed by atoms with E-state index in [1.807, 2.05) is 18.2 Å². The molecule has 2 rings (SSSR count). The van der Waals surface area contributed by atoms with E-state index >= 15 is 0 Å². The molecular formula is C15H13NO3S. The Balaban J connectivity index is 1.88. The van der Waals surface area contributed by atoms with E-state index in [1.54, 1.807) is 30.0 Å². The van der Waals surface area contributed by atoms with Crippen LogP contribution in [0.3, 0.4) is 0 Å². The predicted octanol–water partition coefficient (Wildman–Crippen LogP) is 3.37. The van der Waals surface area contributed by atoms with E-state index in [4.69, 9.17) is 9.68 Å². The van der Waals surface area contributed by atoms with Crippen LogP contribution < -0.4 is 0 Å².